The van der Waals surface area contributed by atoms with Gasteiger partial charge in [0.2, 0.25) is 0 Å². The van der Waals surface area contributed by atoms with Crippen molar-refractivity contribution >= 4 is 6.21 Å². The number of hydrogen-bond donors (Lipinski definition) is 1. The fourth-order valence-electron chi connectivity index (χ4n) is 3.18. The van der Waals surface area contributed by atoms with Crippen molar-refractivity contribution in [1.82, 2.24) is 9.99 Å². The number of hydrazone groups is 1. The number of nitrogens with zero attached hydrogens (tertiary/aromatic N) is 2. The number of halogens is 7. The van der Waals surface area contributed by atoms with Gasteiger partial charge in [-0.3, -0.25) is 0 Å². The molecule has 34 heavy (non-hydrogen) atoms. The molecule has 1 heterocycles. The zero-order valence-electron chi connectivity index (χ0n) is 18.0. The Labute approximate surface area is 190 Å². The fraction of sp³-hybridized carbons (Fsp3) is 0.261. The molecule has 0 bridgehead atoms. The molecule has 3 aromatic rings. The highest BCUT2D eigenvalue weighted by molar-refractivity contribution is 5.82. The Morgan fingerprint density at radius 1 is 0.912 bits per heavy atom. The number of aromatic nitrogens is 1. The summed E-state index contributed by atoms with van der Waals surface area (Å²) in [6.45, 7) is 3.72. The van der Waals surface area contributed by atoms with Crippen LogP contribution < -0.4 is 10.2 Å². The summed E-state index contributed by atoms with van der Waals surface area (Å²) >= 11 is 0. The van der Waals surface area contributed by atoms with E-state index in [0.29, 0.717) is 34.9 Å². The molecular weight excluding hydrogens is 467 g/mol. The second kappa shape index (κ2) is 9.40. The number of nitrogens with one attached hydrogen (secondary N) is 1. The predicted molar refractivity (Wildman–Crippen MR) is 113 cm³/mol. The number of rotatable bonds is 8. The largest absolute Gasteiger partial charge is 0.489 e. The average molecular weight is 487 g/mol. The molecule has 0 amide bonds. The lowest BCUT2D eigenvalue weighted by atomic mass is 10.2. The number of benzene rings is 2. The minimum absolute atomic E-state index is 0.250. The highest BCUT2D eigenvalue weighted by Gasteiger charge is 2.73. The first kappa shape index (κ1) is 25.1. The van der Waals surface area contributed by atoms with Crippen LogP contribution in [0.5, 0.6) is 5.75 Å². The van der Waals surface area contributed by atoms with Crippen molar-refractivity contribution in [3.05, 3.63) is 83.2 Å². The molecule has 0 spiro atoms. The Hall–Kier alpha value is -3.50. The van der Waals surface area contributed by atoms with Crippen LogP contribution in [0.1, 0.15) is 22.5 Å². The molecule has 3 rings (SSSR count). The third kappa shape index (κ3) is 5.18. The van der Waals surface area contributed by atoms with Crippen LogP contribution in [0.3, 0.4) is 0 Å². The van der Waals surface area contributed by atoms with Crippen LogP contribution >= 0.6 is 0 Å². The number of alkyl halides is 7. The summed E-state index contributed by atoms with van der Waals surface area (Å²) in [7, 11) is 0. The topological polar surface area (TPSA) is 38.5 Å². The third-order valence-corrected chi connectivity index (χ3v) is 4.97. The van der Waals surface area contributed by atoms with E-state index in [4.69, 9.17) is 4.74 Å². The van der Waals surface area contributed by atoms with E-state index in [-0.39, 0.29) is 5.56 Å². The second-order valence-corrected chi connectivity index (χ2v) is 7.45. The van der Waals surface area contributed by atoms with E-state index in [1.165, 1.54) is 6.07 Å². The van der Waals surface area contributed by atoms with Gasteiger partial charge in [0.1, 0.15) is 12.4 Å². The molecule has 1 N–H and O–H groups in total. The molecule has 0 aliphatic rings. The van der Waals surface area contributed by atoms with E-state index in [2.05, 4.69) is 5.10 Å². The maximum Gasteiger partial charge on any atom is 0.462 e. The van der Waals surface area contributed by atoms with E-state index in [0.717, 1.165) is 11.8 Å². The van der Waals surface area contributed by atoms with Gasteiger partial charge >= 0.3 is 18.1 Å². The Morgan fingerprint density at radius 2 is 1.53 bits per heavy atom. The van der Waals surface area contributed by atoms with Crippen LogP contribution in [-0.4, -0.2) is 28.9 Å². The Morgan fingerprint density at radius 3 is 2.12 bits per heavy atom. The van der Waals surface area contributed by atoms with E-state index in [1.54, 1.807) is 42.7 Å². The van der Waals surface area contributed by atoms with Crippen molar-refractivity contribution in [3.63, 3.8) is 0 Å². The molecule has 182 valence electrons. The Balaban J connectivity index is 1.72. The molecule has 0 saturated carbocycles. The van der Waals surface area contributed by atoms with Gasteiger partial charge in [-0.15, -0.1) is 0 Å². The summed E-state index contributed by atoms with van der Waals surface area (Å²) in [5.74, 6) is -5.67. The highest BCUT2D eigenvalue weighted by atomic mass is 19.4. The van der Waals surface area contributed by atoms with E-state index in [9.17, 15) is 30.7 Å². The molecular formula is C23H20F7N3O. The first-order valence-corrected chi connectivity index (χ1v) is 9.92. The molecule has 1 aromatic heterocycles. The van der Waals surface area contributed by atoms with Crippen LogP contribution in [0.2, 0.25) is 0 Å². The third-order valence-electron chi connectivity index (χ3n) is 4.97. The van der Waals surface area contributed by atoms with E-state index >= 15 is 0 Å². The van der Waals surface area contributed by atoms with E-state index < -0.39 is 18.1 Å². The zero-order chi connectivity index (χ0) is 25.1. The lowest BCUT2D eigenvalue weighted by molar-refractivity contribution is -0.361. The van der Waals surface area contributed by atoms with Gasteiger partial charge in [-0.05, 0) is 49.7 Å². The molecule has 4 nitrogen and oxygen atoms in total. The summed E-state index contributed by atoms with van der Waals surface area (Å²) in [6.07, 6.45) is -5.68. The van der Waals surface area contributed by atoms with Crippen molar-refractivity contribution < 1.29 is 35.5 Å². The molecule has 0 radical (unpaired) electrons. The number of aryl methyl sites for hydroxylation is 1. The molecule has 0 saturated heterocycles. The maximum atomic E-state index is 13.3. The summed E-state index contributed by atoms with van der Waals surface area (Å²) in [6, 6.07) is 12.5. The second-order valence-electron chi connectivity index (χ2n) is 7.45. The molecule has 0 aliphatic carbocycles. The highest BCUT2D eigenvalue weighted by Crippen LogP contribution is 2.45. The summed E-state index contributed by atoms with van der Waals surface area (Å²) in [4.78, 5) is 0. The average Bonchev–Trinajstić information content (AvgIpc) is 3.05. The van der Waals surface area contributed by atoms with E-state index in [1.807, 2.05) is 30.3 Å². The quantitative estimate of drug-likeness (QED) is 0.173. The van der Waals surface area contributed by atoms with Crippen molar-refractivity contribution in [2.45, 2.75) is 38.6 Å². The van der Waals surface area contributed by atoms with Crippen LogP contribution in [0.15, 0.2) is 65.8 Å². The molecule has 0 atom stereocenters. The molecule has 2 aromatic carbocycles. The summed E-state index contributed by atoms with van der Waals surface area (Å²) < 4.78 is 96.7. The van der Waals surface area contributed by atoms with Crippen molar-refractivity contribution in [1.29, 1.82) is 0 Å². The molecule has 0 aliphatic heterocycles. The van der Waals surface area contributed by atoms with Gasteiger partial charge in [-0.2, -0.15) is 35.8 Å². The zero-order valence-corrected chi connectivity index (χ0v) is 18.0. The van der Waals surface area contributed by atoms with Crippen molar-refractivity contribution in [3.8, 4) is 11.4 Å². The van der Waals surface area contributed by atoms with Crippen molar-refractivity contribution in [2.75, 3.05) is 0 Å². The van der Waals surface area contributed by atoms with Gasteiger partial charge < -0.3 is 9.30 Å². The van der Waals surface area contributed by atoms with Crippen molar-refractivity contribution in [2.24, 2.45) is 5.10 Å². The van der Waals surface area contributed by atoms with Gasteiger partial charge in [0.05, 0.1) is 6.21 Å². The van der Waals surface area contributed by atoms with Crippen LogP contribution in [0.4, 0.5) is 30.7 Å². The molecule has 0 unspecified atom stereocenters. The summed E-state index contributed by atoms with van der Waals surface area (Å²) in [5, 5.41) is 2.93. The fourth-order valence-corrected chi connectivity index (χ4v) is 3.18. The van der Waals surface area contributed by atoms with Gasteiger partial charge in [0.15, 0.2) is 0 Å². The smallest absolute Gasteiger partial charge is 0.462 e. The van der Waals surface area contributed by atoms with Crippen LogP contribution in [-0.2, 0) is 6.61 Å². The molecule has 11 heteroatoms. The maximum absolute atomic E-state index is 13.3. The molecule has 0 fully saturated rings. The minimum Gasteiger partial charge on any atom is -0.489 e. The standard InChI is InChI=1S/C23H20F7N3O/c1-15-12-18(13-31-32-23(29,30)21(24,25)22(26,27)28)16(2)33(15)19-8-10-20(11-9-19)34-14-17-6-4-3-5-7-17/h3-13,32H,14H2,1-2H3/b31-13-. The normalized spacial score (nSPS) is 12.9. The lowest BCUT2D eigenvalue weighted by Gasteiger charge is -2.27. The number of ether oxygens (including phenoxy) is 1. The first-order valence-electron chi connectivity index (χ1n) is 9.92. The van der Waals surface area contributed by atoms with Gasteiger partial charge in [-0.1, -0.05) is 30.3 Å². The Kier molecular flexibility index (Phi) is 6.94. The predicted octanol–water partition coefficient (Wildman–Crippen LogP) is 6.39. The summed E-state index contributed by atoms with van der Waals surface area (Å²) in [5.41, 5.74) is 3.74. The van der Waals surface area contributed by atoms with Gasteiger partial charge in [0.25, 0.3) is 0 Å². The monoisotopic (exact) mass is 487 g/mol. The lowest BCUT2D eigenvalue weighted by Crippen LogP contribution is -2.58. The van der Waals surface area contributed by atoms with Gasteiger partial charge in [0, 0.05) is 22.6 Å². The SMILES string of the molecule is Cc1cc(/C=N\NC(F)(F)C(F)(F)C(F)(F)F)c(C)n1-c1ccc(OCc2ccccc2)cc1. The van der Waals surface area contributed by atoms with Gasteiger partial charge in [-0.25, -0.2) is 5.43 Å². The van der Waals surface area contributed by atoms with Crippen LogP contribution in [0.25, 0.3) is 5.69 Å². The Bertz CT molecular complexity index is 1140. The van der Waals surface area contributed by atoms with Crippen LogP contribution in [0, 0.1) is 13.8 Å². The number of hydrogen-bond acceptors (Lipinski definition) is 3. The minimum atomic E-state index is -6.44. The first-order chi connectivity index (χ1) is 15.8.